The fourth-order valence-electron chi connectivity index (χ4n) is 2.10. The standard InChI is InChI=1S/C17H16ClN5OS/c1-10-2-7-13(8-14(10)18)20-15(24)12-5-3-11(4-6-12)9-25-17-21-16(19)22-23-17/h2-8H,9H2,1H3,(H,20,24)(H3,19,21,22,23). The smallest absolute Gasteiger partial charge is 0.255 e. The van der Waals surface area contributed by atoms with Crippen molar-refractivity contribution >= 4 is 40.9 Å². The summed E-state index contributed by atoms with van der Waals surface area (Å²) in [5.41, 5.74) is 8.76. The van der Waals surface area contributed by atoms with E-state index in [-0.39, 0.29) is 5.91 Å². The molecular weight excluding hydrogens is 358 g/mol. The van der Waals surface area contributed by atoms with Crippen molar-refractivity contribution in [3.05, 3.63) is 64.2 Å². The summed E-state index contributed by atoms with van der Waals surface area (Å²) in [4.78, 5) is 16.3. The summed E-state index contributed by atoms with van der Waals surface area (Å²) in [5.74, 6) is 0.804. The summed E-state index contributed by atoms with van der Waals surface area (Å²) in [6, 6.07) is 12.8. The van der Waals surface area contributed by atoms with Crippen molar-refractivity contribution in [2.24, 2.45) is 0 Å². The third-order valence-electron chi connectivity index (χ3n) is 3.50. The van der Waals surface area contributed by atoms with Crippen LogP contribution in [0, 0.1) is 6.92 Å². The first-order valence-corrected chi connectivity index (χ1v) is 8.85. The monoisotopic (exact) mass is 373 g/mol. The highest BCUT2D eigenvalue weighted by Crippen LogP contribution is 2.22. The number of rotatable bonds is 5. The van der Waals surface area contributed by atoms with Gasteiger partial charge in [-0.15, -0.1) is 5.10 Å². The topological polar surface area (TPSA) is 96.7 Å². The van der Waals surface area contributed by atoms with Gasteiger partial charge in [-0.05, 0) is 42.3 Å². The molecule has 0 unspecified atom stereocenters. The Bertz CT molecular complexity index is 894. The van der Waals surface area contributed by atoms with E-state index in [1.807, 2.05) is 31.2 Å². The summed E-state index contributed by atoms with van der Waals surface area (Å²) < 4.78 is 0. The van der Waals surface area contributed by atoms with Crippen molar-refractivity contribution < 1.29 is 4.79 Å². The molecule has 0 saturated heterocycles. The van der Waals surface area contributed by atoms with Crippen LogP contribution < -0.4 is 11.1 Å². The number of benzene rings is 2. The molecule has 0 saturated carbocycles. The first-order chi connectivity index (χ1) is 12.0. The van der Waals surface area contributed by atoms with Crippen LogP contribution in [0.3, 0.4) is 0 Å². The van der Waals surface area contributed by atoms with E-state index in [0.717, 1.165) is 11.1 Å². The number of H-pyrrole nitrogens is 1. The van der Waals surface area contributed by atoms with Gasteiger partial charge in [0.25, 0.3) is 5.91 Å². The molecule has 0 aliphatic carbocycles. The van der Waals surface area contributed by atoms with Crippen LogP contribution in [0.1, 0.15) is 21.5 Å². The van der Waals surface area contributed by atoms with Crippen molar-refractivity contribution in [3.8, 4) is 0 Å². The van der Waals surface area contributed by atoms with Crippen molar-refractivity contribution in [1.29, 1.82) is 0 Å². The van der Waals surface area contributed by atoms with Crippen molar-refractivity contribution in [2.75, 3.05) is 11.1 Å². The molecule has 1 heterocycles. The van der Waals surface area contributed by atoms with E-state index in [0.29, 0.717) is 33.1 Å². The summed E-state index contributed by atoms with van der Waals surface area (Å²) in [6.07, 6.45) is 0. The molecule has 25 heavy (non-hydrogen) atoms. The van der Waals surface area contributed by atoms with Gasteiger partial charge >= 0.3 is 0 Å². The Kier molecular flexibility index (Phi) is 5.25. The maximum Gasteiger partial charge on any atom is 0.255 e. The van der Waals surface area contributed by atoms with Crippen molar-refractivity contribution in [1.82, 2.24) is 15.2 Å². The first-order valence-electron chi connectivity index (χ1n) is 7.48. The second kappa shape index (κ2) is 7.58. The highest BCUT2D eigenvalue weighted by molar-refractivity contribution is 7.98. The Morgan fingerprint density at radius 1 is 1.28 bits per heavy atom. The van der Waals surface area contributed by atoms with Crippen LogP contribution in [-0.4, -0.2) is 21.1 Å². The van der Waals surface area contributed by atoms with Gasteiger partial charge in [-0.2, -0.15) is 4.98 Å². The highest BCUT2D eigenvalue weighted by Gasteiger charge is 2.08. The molecule has 2 aromatic carbocycles. The van der Waals surface area contributed by atoms with E-state index in [4.69, 9.17) is 17.3 Å². The first kappa shape index (κ1) is 17.3. The number of carbonyl (C=O) groups excluding carboxylic acids is 1. The van der Waals surface area contributed by atoms with E-state index in [1.165, 1.54) is 11.8 Å². The zero-order chi connectivity index (χ0) is 17.8. The predicted octanol–water partition coefficient (Wildman–Crippen LogP) is 3.89. The molecule has 6 nitrogen and oxygen atoms in total. The molecule has 0 bridgehead atoms. The van der Waals surface area contributed by atoms with Crippen LogP contribution >= 0.6 is 23.4 Å². The normalized spacial score (nSPS) is 10.6. The molecule has 128 valence electrons. The zero-order valence-corrected chi connectivity index (χ0v) is 15.0. The Balaban J connectivity index is 1.60. The molecule has 0 radical (unpaired) electrons. The molecule has 0 atom stereocenters. The minimum Gasteiger partial charge on any atom is -0.368 e. The van der Waals surface area contributed by atoms with Crippen molar-refractivity contribution in [2.45, 2.75) is 17.8 Å². The van der Waals surface area contributed by atoms with Crippen LogP contribution in [0.4, 0.5) is 11.6 Å². The third kappa shape index (κ3) is 4.52. The molecule has 3 rings (SSSR count). The average Bonchev–Trinajstić information content (AvgIpc) is 3.02. The number of anilines is 2. The number of hydrogen-bond donors (Lipinski definition) is 3. The Morgan fingerprint density at radius 2 is 2.04 bits per heavy atom. The number of amides is 1. The average molecular weight is 374 g/mol. The second-order valence-corrected chi connectivity index (χ2v) is 6.76. The third-order valence-corrected chi connectivity index (χ3v) is 4.82. The predicted molar refractivity (Wildman–Crippen MR) is 101 cm³/mol. The number of nitrogen functional groups attached to an aromatic ring is 1. The summed E-state index contributed by atoms with van der Waals surface area (Å²) in [5, 5.41) is 10.6. The minimum absolute atomic E-state index is 0.180. The van der Waals surface area contributed by atoms with Crippen LogP contribution in [0.15, 0.2) is 47.6 Å². The number of halogens is 1. The number of aromatic nitrogens is 3. The summed E-state index contributed by atoms with van der Waals surface area (Å²) in [6.45, 7) is 1.91. The lowest BCUT2D eigenvalue weighted by Gasteiger charge is -2.07. The van der Waals surface area contributed by atoms with Gasteiger partial charge in [0.05, 0.1) is 0 Å². The number of aromatic amines is 1. The fourth-order valence-corrected chi connectivity index (χ4v) is 3.04. The van der Waals surface area contributed by atoms with E-state index < -0.39 is 0 Å². The van der Waals surface area contributed by atoms with Gasteiger partial charge in [-0.3, -0.25) is 4.79 Å². The number of hydrogen-bond acceptors (Lipinski definition) is 5. The summed E-state index contributed by atoms with van der Waals surface area (Å²) in [7, 11) is 0. The molecule has 0 fully saturated rings. The number of nitrogens with two attached hydrogens (primary N) is 1. The number of aryl methyl sites for hydroxylation is 1. The number of thioether (sulfide) groups is 1. The molecule has 0 aliphatic rings. The second-order valence-electron chi connectivity index (χ2n) is 5.41. The van der Waals surface area contributed by atoms with E-state index in [1.54, 1.807) is 18.2 Å². The van der Waals surface area contributed by atoms with E-state index in [9.17, 15) is 4.79 Å². The van der Waals surface area contributed by atoms with Gasteiger partial charge in [0.15, 0.2) is 0 Å². The maximum atomic E-state index is 12.3. The molecule has 1 amide bonds. The molecular formula is C17H16ClN5OS. The number of nitrogens with zero attached hydrogens (tertiary/aromatic N) is 2. The van der Waals surface area contributed by atoms with Gasteiger partial charge in [-0.25, -0.2) is 5.10 Å². The maximum absolute atomic E-state index is 12.3. The van der Waals surface area contributed by atoms with Gasteiger partial charge in [0, 0.05) is 22.0 Å². The Labute approximate surface area is 154 Å². The molecule has 0 spiro atoms. The Hall–Kier alpha value is -2.51. The lowest BCUT2D eigenvalue weighted by molar-refractivity contribution is 0.102. The summed E-state index contributed by atoms with van der Waals surface area (Å²) >= 11 is 7.54. The van der Waals surface area contributed by atoms with Gasteiger partial charge < -0.3 is 11.1 Å². The highest BCUT2D eigenvalue weighted by atomic mass is 35.5. The Morgan fingerprint density at radius 3 is 2.68 bits per heavy atom. The molecule has 3 aromatic rings. The minimum atomic E-state index is -0.180. The molecule has 1 aromatic heterocycles. The van der Waals surface area contributed by atoms with Crippen LogP contribution in [0.25, 0.3) is 0 Å². The van der Waals surface area contributed by atoms with Crippen molar-refractivity contribution in [3.63, 3.8) is 0 Å². The SMILES string of the molecule is Cc1ccc(NC(=O)c2ccc(CSc3n[nH]c(N)n3)cc2)cc1Cl. The van der Waals surface area contributed by atoms with E-state index >= 15 is 0 Å². The largest absolute Gasteiger partial charge is 0.368 e. The lowest BCUT2D eigenvalue weighted by Crippen LogP contribution is -2.11. The number of carbonyl (C=O) groups is 1. The quantitative estimate of drug-likeness (QED) is 0.589. The van der Waals surface area contributed by atoms with Gasteiger partial charge in [-0.1, -0.05) is 41.6 Å². The molecule has 8 heteroatoms. The number of nitrogens with one attached hydrogen (secondary N) is 2. The van der Waals surface area contributed by atoms with Crippen LogP contribution in [0.2, 0.25) is 5.02 Å². The lowest BCUT2D eigenvalue weighted by atomic mass is 10.1. The van der Waals surface area contributed by atoms with Crippen LogP contribution in [0.5, 0.6) is 0 Å². The van der Waals surface area contributed by atoms with E-state index in [2.05, 4.69) is 20.5 Å². The van der Waals surface area contributed by atoms with Gasteiger partial charge in [0.2, 0.25) is 11.1 Å². The zero-order valence-electron chi connectivity index (χ0n) is 13.4. The fraction of sp³-hybridized carbons (Fsp3) is 0.118. The van der Waals surface area contributed by atoms with Gasteiger partial charge in [0.1, 0.15) is 0 Å². The molecule has 4 N–H and O–H groups in total. The molecule has 0 aliphatic heterocycles. The van der Waals surface area contributed by atoms with Crippen LogP contribution in [-0.2, 0) is 5.75 Å².